The van der Waals surface area contributed by atoms with Gasteiger partial charge >= 0.3 is 118 Å². The minimum Gasteiger partial charge on any atom is -0.807 e. The summed E-state index contributed by atoms with van der Waals surface area (Å²) in [6.45, 7) is 0. The van der Waals surface area contributed by atoms with Gasteiger partial charge < -0.3 is 28.7 Å². The molecule has 7 rings (SSSR count). The molecule has 0 saturated carbocycles. The van der Waals surface area contributed by atoms with Crippen LogP contribution in [-0.4, -0.2) is 12.8 Å². The summed E-state index contributed by atoms with van der Waals surface area (Å²) in [5, 5.41) is -0.869. The first-order chi connectivity index (χ1) is 21.5. The molecule has 49 heavy (non-hydrogen) atoms. The smallest absolute Gasteiger partial charge is 0.807 e. The Morgan fingerprint density at radius 1 is 0.633 bits per heavy atom. The van der Waals surface area contributed by atoms with Crippen LogP contribution in [0.15, 0.2) is 72.8 Å². The Labute approximate surface area is 371 Å². The summed E-state index contributed by atoms with van der Waals surface area (Å²) in [7, 11) is -10.1. The van der Waals surface area contributed by atoms with Crippen molar-refractivity contribution >= 4 is 79.6 Å². The number of rotatable bonds is 8. The molecular formula is C33H22N2Na4O8P2. The Kier molecular flexibility index (Phi) is 14.7. The van der Waals surface area contributed by atoms with Crippen molar-refractivity contribution in [3.63, 3.8) is 0 Å². The predicted molar refractivity (Wildman–Crippen MR) is 164 cm³/mol. The molecule has 2 amide bonds. The number of amides is 2. The quantitative estimate of drug-likeness (QED) is 0.0981. The number of fused-ring (bicyclic) bond motifs is 1. The number of anilines is 4. The van der Waals surface area contributed by atoms with Crippen LogP contribution in [0.5, 0.6) is 0 Å². The van der Waals surface area contributed by atoms with Crippen LogP contribution < -0.4 is 158 Å². The van der Waals surface area contributed by atoms with E-state index in [0.29, 0.717) is 42.6 Å². The zero-order chi connectivity index (χ0) is 31.7. The van der Waals surface area contributed by atoms with Gasteiger partial charge in [0.05, 0.1) is 11.4 Å². The Balaban J connectivity index is 0.00000163. The van der Waals surface area contributed by atoms with Crippen molar-refractivity contribution in [3.8, 4) is 0 Å². The van der Waals surface area contributed by atoms with E-state index < -0.39 is 25.8 Å². The van der Waals surface area contributed by atoms with E-state index >= 15 is 0 Å². The minimum atomic E-state index is -5.05. The molecule has 10 nitrogen and oxygen atoms in total. The van der Waals surface area contributed by atoms with E-state index in [4.69, 9.17) is 0 Å². The molecule has 16 heteroatoms. The number of nitrogens with zero attached hydrogens (tertiary/aromatic N) is 2. The molecule has 3 aliphatic carbocycles. The van der Waals surface area contributed by atoms with Crippen LogP contribution >= 0.6 is 15.2 Å². The molecule has 4 aromatic carbocycles. The van der Waals surface area contributed by atoms with Crippen molar-refractivity contribution in [1.29, 1.82) is 0 Å². The maximum Gasteiger partial charge on any atom is 1.00 e. The summed E-state index contributed by atoms with van der Waals surface area (Å²) in [5.74, 6) is -0.117. The Morgan fingerprint density at radius 2 is 1.16 bits per heavy atom. The SMILES string of the molecule is O=CN(c1ccc(P(=O)([O-])[O-])cc1)c1c2c3c4c(c1N(C=O)c1ccc(P(=O)([O-])[O-])cc1)CCc1ccc(cc1C4C=C3)C=C2.[Na+].[Na+].[Na+].[Na+]. The van der Waals surface area contributed by atoms with Gasteiger partial charge in [0.2, 0.25) is 12.8 Å². The summed E-state index contributed by atoms with van der Waals surface area (Å²) < 4.78 is 23.3. The standard InChI is InChI=1S/C33H26N2O8P2.4Na/c36-18-34(22-5-9-24(10-6-22)44(38,39)40)32-28-13-2-20-1-3-21-4-14-29(31-26(28)15-16-27(31)30(21)17-20)33(32)35(19-37)23-7-11-25(12-8-23)45(41,42)43;;;;/h1-3,5-13,15-19,27H,4,14H2,(H2,38,39,40)(H2,41,42,43);;;;/q;4*+1/p-4. The first-order valence-corrected chi connectivity index (χ1v) is 17.0. The molecule has 0 heterocycles. The number of hydrogen-bond acceptors (Lipinski definition) is 8. The van der Waals surface area contributed by atoms with Gasteiger partial charge in [0, 0.05) is 22.9 Å². The zero-order valence-electron chi connectivity index (χ0n) is 27.4. The summed E-state index contributed by atoms with van der Waals surface area (Å²) in [4.78, 5) is 75.3. The second kappa shape index (κ2) is 16.7. The fourth-order valence-electron chi connectivity index (χ4n) is 6.59. The molecule has 0 saturated heterocycles. The number of carbonyl (C=O) groups excluding carboxylic acids is 2. The van der Waals surface area contributed by atoms with Gasteiger partial charge in [-0.2, -0.15) is 0 Å². The van der Waals surface area contributed by atoms with Crippen LogP contribution in [0.2, 0.25) is 0 Å². The first kappa shape index (κ1) is 43.0. The molecule has 0 radical (unpaired) electrons. The van der Waals surface area contributed by atoms with Crippen LogP contribution in [0.4, 0.5) is 22.7 Å². The molecule has 0 fully saturated rings. The molecule has 6 bridgehead atoms. The second-order valence-corrected chi connectivity index (χ2v) is 14.0. The molecular weight excluding hydrogens is 706 g/mol. The van der Waals surface area contributed by atoms with Crippen molar-refractivity contribution in [3.05, 3.63) is 112 Å². The third kappa shape index (κ3) is 7.95. The van der Waals surface area contributed by atoms with Crippen LogP contribution in [0, 0.1) is 0 Å². The molecule has 0 N–H and O–H groups in total. The average molecular weight is 728 g/mol. The summed E-state index contributed by atoms with van der Waals surface area (Å²) in [5.41, 5.74) is 7.71. The number of aryl methyl sites for hydroxylation is 1. The number of hydrogen-bond donors (Lipinski definition) is 0. The summed E-state index contributed by atoms with van der Waals surface area (Å²) in [6, 6.07) is 16.2. The van der Waals surface area contributed by atoms with Crippen LogP contribution in [0.1, 0.15) is 44.9 Å². The second-order valence-electron chi connectivity index (χ2n) is 11.0. The Hall–Kier alpha value is -0.400. The average Bonchev–Trinajstić information content (AvgIpc) is 3.38. The normalized spacial score (nSPS) is 14.5. The number of benzene rings is 4. The molecule has 0 aromatic heterocycles. The van der Waals surface area contributed by atoms with Crippen molar-refractivity contribution in [2.45, 2.75) is 18.8 Å². The van der Waals surface area contributed by atoms with Gasteiger partial charge in [0.15, 0.2) is 0 Å². The third-order valence-corrected chi connectivity index (χ3v) is 10.5. The number of carbonyl (C=O) groups is 2. The zero-order valence-corrected chi connectivity index (χ0v) is 37.2. The van der Waals surface area contributed by atoms with Crippen LogP contribution in [0.3, 0.4) is 0 Å². The van der Waals surface area contributed by atoms with Crippen molar-refractivity contribution < 1.29 is 157 Å². The third-order valence-electron chi connectivity index (χ3n) is 8.61. The topological polar surface area (TPSA) is 167 Å². The van der Waals surface area contributed by atoms with E-state index in [2.05, 4.69) is 18.2 Å². The molecule has 4 aromatic rings. The number of allylic oxidation sites excluding steroid dienone is 1. The fourth-order valence-corrected chi connectivity index (χ4v) is 7.62. The van der Waals surface area contributed by atoms with Crippen LogP contribution in [0.25, 0.3) is 18.2 Å². The molecule has 0 spiro atoms. The van der Waals surface area contributed by atoms with E-state index in [1.54, 1.807) is 0 Å². The monoisotopic (exact) mass is 728 g/mol. The maximum absolute atomic E-state index is 13.0. The van der Waals surface area contributed by atoms with Gasteiger partial charge in [-0.1, -0.05) is 66.8 Å². The maximum atomic E-state index is 13.0. The largest absolute Gasteiger partial charge is 1.00 e. The Bertz CT molecular complexity index is 2080. The van der Waals surface area contributed by atoms with Crippen LogP contribution in [-0.2, 0) is 31.6 Å². The van der Waals surface area contributed by atoms with Crippen molar-refractivity contribution in [2.75, 3.05) is 9.80 Å². The molecule has 0 aliphatic heterocycles. The van der Waals surface area contributed by atoms with E-state index in [1.165, 1.54) is 34.1 Å². The molecule has 226 valence electrons. The van der Waals surface area contributed by atoms with Gasteiger partial charge in [-0.15, -0.1) is 0 Å². The fraction of sp³-hybridized carbons (Fsp3) is 0.0909. The summed E-state index contributed by atoms with van der Waals surface area (Å²) in [6.07, 6.45) is 10.1. The van der Waals surface area contributed by atoms with E-state index in [9.17, 15) is 38.3 Å². The van der Waals surface area contributed by atoms with E-state index in [1.807, 2.05) is 24.3 Å². The van der Waals surface area contributed by atoms with E-state index in [0.717, 1.165) is 57.6 Å². The molecule has 1 unspecified atom stereocenters. The summed E-state index contributed by atoms with van der Waals surface area (Å²) >= 11 is 0. The van der Waals surface area contributed by atoms with Gasteiger partial charge in [0.25, 0.3) is 0 Å². The van der Waals surface area contributed by atoms with Gasteiger partial charge in [-0.05, 0) is 96.3 Å². The van der Waals surface area contributed by atoms with Gasteiger partial charge in [0.1, 0.15) is 0 Å². The first-order valence-electron chi connectivity index (χ1n) is 14.0. The van der Waals surface area contributed by atoms with Crippen molar-refractivity contribution in [2.24, 2.45) is 0 Å². The van der Waals surface area contributed by atoms with E-state index in [-0.39, 0.29) is 136 Å². The van der Waals surface area contributed by atoms with Crippen molar-refractivity contribution in [1.82, 2.24) is 0 Å². The molecule has 1 atom stereocenters. The predicted octanol–water partition coefficient (Wildman–Crippen LogP) is -9.89. The minimum absolute atomic E-state index is 0. The Morgan fingerprint density at radius 3 is 1.67 bits per heavy atom. The van der Waals surface area contributed by atoms with Gasteiger partial charge in [-0.25, -0.2) is 0 Å². The molecule has 3 aliphatic rings. The van der Waals surface area contributed by atoms with Gasteiger partial charge in [-0.3, -0.25) is 19.4 Å².